The van der Waals surface area contributed by atoms with Crippen molar-refractivity contribution in [3.8, 4) is 5.75 Å². The predicted molar refractivity (Wildman–Crippen MR) is 98.2 cm³/mol. The molecule has 2 N–H and O–H groups in total. The van der Waals surface area contributed by atoms with Gasteiger partial charge in [-0.1, -0.05) is 17.7 Å². The average Bonchev–Trinajstić information content (AvgIpc) is 3.02. The summed E-state index contributed by atoms with van der Waals surface area (Å²) in [6, 6.07) is 11.2. The number of rotatable bonds is 5. The quantitative estimate of drug-likeness (QED) is 0.851. The smallest absolute Gasteiger partial charge is 0.246 e. The van der Waals surface area contributed by atoms with Gasteiger partial charge in [0.25, 0.3) is 0 Å². The number of nitrogens with one attached hydrogen (secondary N) is 2. The van der Waals surface area contributed by atoms with Crippen LogP contribution >= 0.6 is 11.6 Å². The summed E-state index contributed by atoms with van der Waals surface area (Å²) in [6.07, 6.45) is 3.49. The van der Waals surface area contributed by atoms with Crippen molar-refractivity contribution >= 4 is 28.9 Å². The fourth-order valence-electron chi connectivity index (χ4n) is 2.97. The number of halogens is 1. The van der Waals surface area contributed by atoms with Crippen molar-refractivity contribution in [2.24, 2.45) is 0 Å². The summed E-state index contributed by atoms with van der Waals surface area (Å²) in [7, 11) is 1.56. The lowest BCUT2D eigenvalue weighted by atomic mass is 10.1. The van der Waals surface area contributed by atoms with E-state index in [2.05, 4.69) is 22.8 Å². The molecule has 0 bridgehead atoms. The Bertz CT molecular complexity index is 761. The van der Waals surface area contributed by atoms with Crippen LogP contribution in [-0.4, -0.2) is 19.1 Å². The molecule has 0 saturated carbocycles. The maximum atomic E-state index is 12.4. The van der Waals surface area contributed by atoms with Crippen LogP contribution in [0.4, 0.5) is 11.4 Å². The first-order valence-corrected chi connectivity index (χ1v) is 8.47. The predicted octanol–water partition coefficient (Wildman–Crippen LogP) is 4.28. The van der Waals surface area contributed by atoms with Crippen molar-refractivity contribution in [2.75, 3.05) is 17.7 Å². The summed E-state index contributed by atoms with van der Waals surface area (Å²) < 4.78 is 5.11. The number of aryl methyl sites for hydroxylation is 2. The molecule has 2 aromatic rings. The van der Waals surface area contributed by atoms with E-state index in [1.165, 1.54) is 17.5 Å². The van der Waals surface area contributed by atoms with Crippen molar-refractivity contribution in [1.29, 1.82) is 0 Å². The average molecular weight is 345 g/mol. The second kappa shape index (κ2) is 7.14. The lowest BCUT2D eigenvalue weighted by Crippen LogP contribution is -2.31. The Morgan fingerprint density at radius 3 is 2.62 bits per heavy atom. The number of carbonyl (C=O) groups excluding carboxylic acids is 1. The van der Waals surface area contributed by atoms with Gasteiger partial charge in [0.1, 0.15) is 11.8 Å². The molecule has 0 saturated heterocycles. The number of carbonyl (C=O) groups is 1. The van der Waals surface area contributed by atoms with E-state index in [-0.39, 0.29) is 11.9 Å². The van der Waals surface area contributed by atoms with Gasteiger partial charge in [0.2, 0.25) is 5.91 Å². The van der Waals surface area contributed by atoms with E-state index in [1.54, 1.807) is 25.3 Å². The zero-order chi connectivity index (χ0) is 17.1. The molecule has 3 rings (SSSR count). The summed E-state index contributed by atoms with van der Waals surface area (Å²) in [6.45, 7) is 1.84. The van der Waals surface area contributed by atoms with E-state index >= 15 is 0 Å². The molecule has 1 aliphatic rings. The summed E-state index contributed by atoms with van der Waals surface area (Å²) in [5.41, 5.74) is 4.43. The van der Waals surface area contributed by atoms with E-state index in [0.717, 1.165) is 18.5 Å². The fourth-order valence-corrected chi connectivity index (χ4v) is 3.23. The number of fused-ring (bicyclic) bond motifs is 1. The second-order valence-electron chi connectivity index (χ2n) is 6.04. The first-order chi connectivity index (χ1) is 11.6. The van der Waals surface area contributed by atoms with Crippen LogP contribution in [0.15, 0.2) is 36.4 Å². The van der Waals surface area contributed by atoms with Crippen molar-refractivity contribution in [3.05, 3.63) is 52.5 Å². The molecule has 5 heteroatoms. The van der Waals surface area contributed by atoms with Gasteiger partial charge in [-0.15, -0.1) is 0 Å². The zero-order valence-corrected chi connectivity index (χ0v) is 14.6. The molecule has 24 heavy (non-hydrogen) atoms. The highest BCUT2D eigenvalue weighted by atomic mass is 35.5. The van der Waals surface area contributed by atoms with Gasteiger partial charge in [0, 0.05) is 11.4 Å². The molecule has 0 unspecified atom stereocenters. The molecule has 0 fully saturated rings. The van der Waals surface area contributed by atoms with E-state index in [9.17, 15) is 4.79 Å². The van der Waals surface area contributed by atoms with Crippen molar-refractivity contribution in [1.82, 2.24) is 0 Å². The third-order valence-electron chi connectivity index (χ3n) is 4.29. The number of hydrogen-bond acceptors (Lipinski definition) is 3. The van der Waals surface area contributed by atoms with E-state index < -0.39 is 0 Å². The molecule has 0 heterocycles. The summed E-state index contributed by atoms with van der Waals surface area (Å²) in [5, 5.41) is 6.59. The van der Waals surface area contributed by atoms with E-state index in [1.807, 2.05) is 13.0 Å². The molecule has 0 aromatic heterocycles. The van der Waals surface area contributed by atoms with Gasteiger partial charge in [0.15, 0.2) is 0 Å². The van der Waals surface area contributed by atoms with Crippen LogP contribution in [0.1, 0.15) is 24.5 Å². The molecule has 1 amide bonds. The maximum Gasteiger partial charge on any atom is 0.246 e. The first-order valence-electron chi connectivity index (χ1n) is 8.09. The second-order valence-corrected chi connectivity index (χ2v) is 6.45. The number of methoxy groups -OCH3 is 1. The summed E-state index contributed by atoms with van der Waals surface area (Å²) >= 11 is 6.08. The van der Waals surface area contributed by atoms with Crippen LogP contribution in [-0.2, 0) is 17.6 Å². The van der Waals surface area contributed by atoms with Gasteiger partial charge >= 0.3 is 0 Å². The summed E-state index contributed by atoms with van der Waals surface area (Å²) in [4.78, 5) is 12.4. The number of hydrogen-bond donors (Lipinski definition) is 2. The minimum Gasteiger partial charge on any atom is -0.495 e. The minimum absolute atomic E-state index is 0.114. The lowest BCUT2D eigenvalue weighted by molar-refractivity contribution is -0.116. The Morgan fingerprint density at radius 2 is 1.88 bits per heavy atom. The standard InChI is InChI=1S/C19H21ClN2O2/c1-12(21-15-7-6-13-4-3-5-14(13)10-15)19(23)22-16-8-9-18(24-2)17(20)11-16/h6-12,21H,3-5H2,1-2H3,(H,22,23)/t12-/m0/s1. The highest BCUT2D eigenvalue weighted by Crippen LogP contribution is 2.28. The van der Waals surface area contributed by atoms with Crippen molar-refractivity contribution in [2.45, 2.75) is 32.2 Å². The molecule has 0 radical (unpaired) electrons. The highest BCUT2D eigenvalue weighted by Gasteiger charge is 2.16. The minimum atomic E-state index is -0.356. The molecule has 0 aliphatic heterocycles. The Labute approximate surface area is 147 Å². The number of ether oxygens (including phenoxy) is 1. The normalized spacial score (nSPS) is 14.0. The Morgan fingerprint density at radius 1 is 1.12 bits per heavy atom. The van der Waals surface area contributed by atoms with Crippen LogP contribution < -0.4 is 15.4 Å². The van der Waals surface area contributed by atoms with Gasteiger partial charge in [-0.3, -0.25) is 4.79 Å². The van der Waals surface area contributed by atoms with Gasteiger partial charge in [0.05, 0.1) is 12.1 Å². The fraction of sp³-hybridized carbons (Fsp3) is 0.316. The zero-order valence-electron chi connectivity index (χ0n) is 13.9. The third kappa shape index (κ3) is 3.65. The topological polar surface area (TPSA) is 50.4 Å². The van der Waals surface area contributed by atoms with Gasteiger partial charge in [-0.25, -0.2) is 0 Å². The third-order valence-corrected chi connectivity index (χ3v) is 4.59. The van der Waals surface area contributed by atoms with Crippen LogP contribution in [0.5, 0.6) is 5.75 Å². The Balaban J connectivity index is 1.63. The van der Waals surface area contributed by atoms with E-state index in [4.69, 9.17) is 16.3 Å². The van der Waals surface area contributed by atoms with E-state index in [0.29, 0.717) is 16.5 Å². The first kappa shape index (κ1) is 16.7. The van der Waals surface area contributed by atoms with Crippen LogP contribution in [0.2, 0.25) is 5.02 Å². The maximum absolute atomic E-state index is 12.4. The number of benzene rings is 2. The Kier molecular flexibility index (Phi) is 4.95. The molecule has 1 atom stereocenters. The molecule has 126 valence electrons. The SMILES string of the molecule is COc1ccc(NC(=O)[C@H](C)Nc2ccc3c(c2)CCC3)cc1Cl. The molecule has 0 spiro atoms. The number of anilines is 2. The van der Waals surface area contributed by atoms with Gasteiger partial charge in [-0.05, 0) is 67.6 Å². The monoisotopic (exact) mass is 344 g/mol. The molecule has 2 aromatic carbocycles. The molecule has 4 nitrogen and oxygen atoms in total. The number of amides is 1. The van der Waals surface area contributed by atoms with Crippen LogP contribution in [0.25, 0.3) is 0 Å². The largest absolute Gasteiger partial charge is 0.495 e. The highest BCUT2D eigenvalue weighted by molar-refractivity contribution is 6.32. The molecular formula is C19H21ClN2O2. The lowest BCUT2D eigenvalue weighted by Gasteiger charge is -2.16. The van der Waals surface area contributed by atoms with Crippen LogP contribution in [0, 0.1) is 0 Å². The molecular weight excluding hydrogens is 324 g/mol. The van der Waals surface area contributed by atoms with Crippen molar-refractivity contribution in [3.63, 3.8) is 0 Å². The van der Waals surface area contributed by atoms with Crippen LogP contribution in [0.3, 0.4) is 0 Å². The van der Waals surface area contributed by atoms with Gasteiger partial charge < -0.3 is 15.4 Å². The molecule has 1 aliphatic carbocycles. The Hall–Kier alpha value is -2.20. The van der Waals surface area contributed by atoms with Gasteiger partial charge in [-0.2, -0.15) is 0 Å². The van der Waals surface area contributed by atoms with Crippen molar-refractivity contribution < 1.29 is 9.53 Å². The summed E-state index contributed by atoms with van der Waals surface area (Å²) in [5.74, 6) is 0.468.